The van der Waals surface area contributed by atoms with Gasteiger partial charge in [-0.05, 0) is 30.0 Å². The van der Waals surface area contributed by atoms with Gasteiger partial charge < -0.3 is 14.6 Å². The fourth-order valence-corrected chi connectivity index (χ4v) is 4.04. The molecule has 3 rings (SSSR count). The first kappa shape index (κ1) is 16.3. The minimum atomic E-state index is -3.65. The molecule has 0 fully saturated rings. The summed E-state index contributed by atoms with van der Waals surface area (Å²) in [4.78, 5) is 0.941. The fourth-order valence-electron chi connectivity index (χ4n) is 2.23. The molecule has 0 bridgehead atoms. The quantitative estimate of drug-likeness (QED) is 0.827. The topological polar surface area (TPSA) is 84.9 Å². The highest BCUT2D eigenvalue weighted by Crippen LogP contribution is 2.32. The summed E-state index contributed by atoms with van der Waals surface area (Å²) < 4.78 is 37.9. The lowest BCUT2D eigenvalue weighted by molar-refractivity contribution is 0.171. The van der Waals surface area contributed by atoms with Crippen molar-refractivity contribution in [2.75, 3.05) is 19.8 Å². The average Bonchev–Trinajstić information content (AvgIpc) is 3.08. The molecule has 2 N–H and O–H groups in total. The number of aliphatic hydroxyl groups is 1. The van der Waals surface area contributed by atoms with E-state index in [1.54, 1.807) is 6.07 Å². The van der Waals surface area contributed by atoms with Gasteiger partial charge in [0.05, 0.1) is 11.0 Å². The van der Waals surface area contributed by atoms with Gasteiger partial charge in [-0.15, -0.1) is 11.3 Å². The normalized spacial score (nSPS) is 15.3. The Labute approximate surface area is 138 Å². The number of sulfonamides is 1. The number of hydrogen-bond donors (Lipinski definition) is 2. The first-order valence-corrected chi connectivity index (χ1v) is 9.53. The zero-order valence-corrected chi connectivity index (χ0v) is 13.9. The molecule has 23 heavy (non-hydrogen) atoms. The van der Waals surface area contributed by atoms with Crippen LogP contribution in [0.4, 0.5) is 0 Å². The molecule has 2 aromatic rings. The molecule has 0 unspecified atom stereocenters. The summed E-state index contributed by atoms with van der Waals surface area (Å²) in [5.41, 5.74) is 0. The monoisotopic (exact) mass is 355 g/mol. The number of nitrogens with one attached hydrogen (secondary N) is 1. The molecule has 0 amide bonds. The number of aliphatic hydroxyl groups excluding tert-OH is 1. The lowest BCUT2D eigenvalue weighted by atomic mass is 10.2. The molecular weight excluding hydrogens is 338 g/mol. The first-order chi connectivity index (χ1) is 11.1. The summed E-state index contributed by atoms with van der Waals surface area (Å²) in [6.45, 7) is 1.00. The molecule has 0 saturated heterocycles. The third-order valence-electron chi connectivity index (χ3n) is 3.41. The van der Waals surface area contributed by atoms with Gasteiger partial charge in [0.15, 0.2) is 11.5 Å². The third-order valence-corrected chi connectivity index (χ3v) is 5.84. The van der Waals surface area contributed by atoms with E-state index < -0.39 is 16.1 Å². The molecular formula is C15H17NO5S2. The van der Waals surface area contributed by atoms with Crippen LogP contribution in [-0.4, -0.2) is 33.3 Å². The van der Waals surface area contributed by atoms with Crippen molar-refractivity contribution in [3.8, 4) is 11.5 Å². The molecule has 8 heteroatoms. The Bertz CT molecular complexity index is 758. The maximum Gasteiger partial charge on any atom is 0.240 e. The number of benzene rings is 1. The molecule has 1 aromatic heterocycles. The van der Waals surface area contributed by atoms with Crippen LogP contribution in [0, 0.1) is 0 Å². The van der Waals surface area contributed by atoms with Crippen molar-refractivity contribution in [1.82, 2.24) is 4.72 Å². The summed E-state index contributed by atoms with van der Waals surface area (Å²) in [7, 11) is -3.65. The molecule has 0 radical (unpaired) electrons. The van der Waals surface area contributed by atoms with Gasteiger partial charge in [-0.1, -0.05) is 6.07 Å². The zero-order valence-electron chi connectivity index (χ0n) is 12.3. The van der Waals surface area contributed by atoms with E-state index in [-0.39, 0.29) is 11.4 Å². The highest BCUT2D eigenvalue weighted by Gasteiger charge is 2.19. The van der Waals surface area contributed by atoms with E-state index >= 15 is 0 Å². The minimum Gasteiger partial charge on any atom is -0.486 e. The summed E-state index contributed by atoms with van der Waals surface area (Å²) in [5.74, 6) is 0.973. The van der Waals surface area contributed by atoms with Crippen LogP contribution < -0.4 is 14.2 Å². The van der Waals surface area contributed by atoms with Crippen molar-refractivity contribution in [2.24, 2.45) is 0 Å². The van der Waals surface area contributed by atoms with Gasteiger partial charge in [0.25, 0.3) is 0 Å². The van der Waals surface area contributed by atoms with Gasteiger partial charge in [-0.3, -0.25) is 0 Å². The summed E-state index contributed by atoms with van der Waals surface area (Å²) in [6, 6.07) is 8.19. The van der Waals surface area contributed by atoms with E-state index in [9.17, 15) is 13.5 Å². The van der Waals surface area contributed by atoms with Crippen LogP contribution in [0.3, 0.4) is 0 Å². The number of rotatable bonds is 6. The van der Waals surface area contributed by atoms with Crippen molar-refractivity contribution in [3.63, 3.8) is 0 Å². The largest absolute Gasteiger partial charge is 0.486 e. The predicted molar refractivity (Wildman–Crippen MR) is 86.5 cm³/mol. The van der Waals surface area contributed by atoms with Crippen molar-refractivity contribution in [2.45, 2.75) is 17.4 Å². The van der Waals surface area contributed by atoms with Crippen LogP contribution in [0.25, 0.3) is 0 Å². The predicted octanol–water partition coefficient (Wildman–Crippen LogP) is 1.92. The molecule has 124 valence electrons. The molecule has 1 aromatic carbocycles. The molecule has 0 spiro atoms. The molecule has 1 aliphatic rings. The van der Waals surface area contributed by atoms with Gasteiger partial charge in [0, 0.05) is 17.5 Å². The number of fused-ring (bicyclic) bond motifs is 1. The van der Waals surface area contributed by atoms with Crippen molar-refractivity contribution < 1.29 is 23.0 Å². The van der Waals surface area contributed by atoms with Gasteiger partial charge in [-0.25, -0.2) is 13.1 Å². The Balaban J connectivity index is 1.63. The highest BCUT2D eigenvalue weighted by atomic mass is 32.2. The number of ether oxygens (including phenoxy) is 2. The van der Waals surface area contributed by atoms with Gasteiger partial charge in [0.2, 0.25) is 10.0 Å². The SMILES string of the molecule is O=S(=O)(NCC[C@@H](O)c1cccs1)c1ccc2c(c1)OCCO2. The average molecular weight is 355 g/mol. The molecule has 0 aliphatic carbocycles. The van der Waals surface area contributed by atoms with E-state index in [1.807, 2.05) is 17.5 Å². The second-order valence-electron chi connectivity index (χ2n) is 5.02. The lowest BCUT2D eigenvalue weighted by Gasteiger charge is -2.19. The van der Waals surface area contributed by atoms with Crippen LogP contribution >= 0.6 is 11.3 Å². The van der Waals surface area contributed by atoms with E-state index in [2.05, 4.69) is 4.72 Å². The van der Waals surface area contributed by atoms with Gasteiger partial charge in [-0.2, -0.15) is 0 Å². The molecule has 2 heterocycles. The van der Waals surface area contributed by atoms with E-state index in [0.717, 1.165) is 4.88 Å². The Kier molecular flexibility index (Phi) is 4.86. The lowest BCUT2D eigenvalue weighted by Crippen LogP contribution is -2.26. The van der Waals surface area contributed by atoms with E-state index in [1.165, 1.54) is 23.5 Å². The highest BCUT2D eigenvalue weighted by molar-refractivity contribution is 7.89. The Morgan fingerprint density at radius 2 is 2.00 bits per heavy atom. The third kappa shape index (κ3) is 3.84. The Hall–Kier alpha value is -1.61. The second kappa shape index (κ2) is 6.88. The molecule has 1 atom stereocenters. The van der Waals surface area contributed by atoms with Crippen LogP contribution in [0.15, 0.2) is 40.6 Å². The zero-order chi connectivity index (χ0) is 16.3. The summed E-state index contributed by atoms with van der Waals surface area (Å²) in [6.07, 6.45) is -0.359. The maximum atomic E-state index is 12.3. The van der Waals surface area contributed by atoms with Crippen LogP contribution in [0.1, 0.15) is 17.4 Å². The van der Waals surface area contributed by atoms with E-state index in [0.29, 0.717) is 31.1 Å². The smallest absolute Gasteiger partial charge is 0.240 e. The minimum absolute atomic E-state index is 0.118. The molecule has 6 nitrogen and oxygen atoms in total. The number of hydrogen-bond acceptors (Lipinski definition) is 6. The van der Waals surface area contributed by atoms with Gasteiger partial charge >= 0.3 is 0 Å². The van der Waals surface area contributed by atoms with Gasteiger partial charge in [0.1, 0.15) is 13.2 Å². The summed E-state index contributed by atoms with van der Waals surface area (Å²) in [5, 5.41) is 11.8. The van der Waals surface area contributed by atoms with Crippen molar-refractivity contribution in [1.29, 1.82) is 0 Å². The van der Waals surface area contributed by atoms with E-state index in [4.69, 9.17) is 9.47 Å². The molecule has 0 saturated carbocycles. The number of thiophene rings is 1. The summed E-state index contributed by atoms with van der Waals surface area (Å²) >= 11 is 1.44. The van der Waals surface area contributed by atoms with Crippen LogP contribution in [0.5, 0.6) is 11.5 Å². The van der Waals surface area contributed by atoms with Crippen molar-refractivity contribution >= 4 is 21.4 Å². The Morgan fingerprint density at radius 1 is 1.22 bits per heavy atom. The van der Waals surface area contributed by atoms with Crippen LogP contribution in [-0.2, 0) is 10.0 Å². The Morgan fingerprint density at radius 3 is 2.74 bits per heavy atom. The van der Waals surface area contributed by atoms with Crippen molar-refractivity contribution in [3.05, 3.63) is 40.6 Å². The fraction of sp³-hybridized carbons (Fsp3) is 0.333. The second-order valence-corrected chi connectivity index (χ2v) is 7.77. The maximum absolute atomic E-state index is 12.3. The first-order valence-electron chi connectivity index (χ1n) is 7.17. The van der Waals surface area contributed by atoms with Crippen LogP contribution in [0.2, 0.25) is 0 Å². The molecule has 1 aliphatic heterocycles. The standard InChI is InChI=1S/C15H17NO5S2/c17-12(15-2-1-9-22-15)5-6-16-23(18,19)11-3-4-13-14(10-11)21-8-7-20-13/h1-4,9-10,12,16-17H,5-8H2/t12-/m1/s1.